The van der Waals surface area contributed by atoms with Crippen LogP contribution in [0.1, 0.15) is 38.0 Å². The van der Waals surface area contributed by atoms with E-state index in [0.29, 0.717) is 31.3 Å². The number of carbonyl (C=O) groups is 3. The number of rotatable bonds is 3. The molecule has 0 aliphatic carbocycles. The molecular formula is C17H11Br2NO4. The average molecular weight is 453 g/mol. The quantitative estimate of drug-likeness (QED) is 0.517. The summed E-state index contributed by atoms with van der Waals surface area (Å²) in [5.41, 5.74) is 1.39. The first-order valence-electron chi connectivity index (χ1n) is 7.09. The Morgan fingerprint density at radius 3 is 2.00 bits per heavy atom. The Hall–Kier alpha value is -1.99. The number of fused-ring (bicyclic) bond motifs is 1. The van der Waals surface area contributed by atoms with Crippen molar-refractivity contribution in [3.63, 3.8) is 0 Å². The molecule has 2 amide bonds. The van der Waals surface area contributed by atoms with Crippen LogP contribution in [0.5, 0.6) is 0 Å². The first-order chi connectivity index (χ1) is 11.5. The maximum absolute atomic E-state index is 12.6. The number of imide groups is 1. The van der Waals surface area contributed by atoms with Crippen molar-refractivity contribution in [3.05, 3.63) is 62.0 Å². The smallest absolute Gasteiger partial charge is 0.338 e. The van der Waals surface area contributed by atoms with E-state index in [1.807, 2.05) is 0 Å². The van der Waals surface area contributed by atoms with E-state index in [1.54, 1.807) is 31.2 Å². The lowest BCUT2D eigenvalue weighted by atomic mass is 10.1. The van der Waals surface area contributed by atoms with Crippen LogP contribution in [0.25, 0.3) is 0 Å². The highest BCUT2D eigenvalue weighted by Gasteiger charge is 2.38. The molecule has 0 bridgehead atoms. The minimum absolute atomic E-state index is 0.258. The molecule has 3 rings (SSSR count). The van der Waals surface area contributed by atoms with Crippen molar-refractivity contribution >= 4 is 55.3 Å². The van der Waals surface area contributed by atoms with E-state index in [0.717, 1.165) is 4.90 Å². The molecule has 2 aromatic rings. The monoisotopic (exact) mass is 451 g/mol. The summed E-state index contributed by atoms with van der Waals surface area (Å²) in [6, 6.07) is 9.71. The van der Waals surface area contributed by atoms with Crippen LogP contribution in [0.4, 0.5) is 5.69 Å². The van der Waals surface area contributed by atoms with Gasteiger partial charge in [0, 0.05) is 8.95 Å². The van der Waals surface area contributed by atoms with Crippen molar-refractivity contribution in [2.75, 3.05) is 11.5 Å². The van der Waals surface area contributed by atoms with Gasteiger partial charge in [-0.3, -0.25) is 9.59 Å². The Labute approximate surface area is 154 Å². The molecular weight excluding hydrogens is 442 g/mol. The van der Waals surface area contributed by atoms with Gasteiger partial charge in [-0.05, 0) is 63.0 Å². The third kappa shape index (κ3) is 2.67. The zero-order valence-corrected chi connectivity index (χ0v) is 15.7. The first-order valence-corrected chi connectivity index (χ1v) is 8.68. The van der Waals surface area contributed by atoms with Crippen molar-refractivity contribution in [1.82, 2.24) is 0 Å². The zero-order chi connectivity index (χ0) is 17.4. The fourth-order valence-corrected chi connectivity index (χ4v) is 4.04. The number of anilines is 1. The molecule has 5 nitrogen and oxygen atoms in total. The number of amides is 2. The lowest BCUT2D eigenvalue weighted by molar-refractivity contribution is 0.0526. The van der Waals surface area contributed by atoms with E-state index in [2.05, 4.69) is 31.9 Å². The molecule has 0 saturated heterocycles. The van der Waals surface area contributed by atoms with Gasteiger partial charge in [0.1, 0.15) is 0 Å². The highest BCUT2D eigenvalue weighted by Crippen LogP contribution is 2.39. The van der Waals surface area contributed by atoms with Crippen LogP contribution in [0, 0.1) is 0 Å². The molecule has 0 unspecified atom stereocenters. The average Bonchev–Trinajstić information content (AvgIpc) is 2.80. The number of hydrogen-bond acceptors (Lipinski definition) is 4. The Kier molecular flexibility index (Phi) is 4.56. The van der Waals surface area contributed by atoms with Gasteiger partial charge in [0.05, 0.1) is 29.0 Å². The van der Waals surface area contributed by atoms with Crippen LogP contribution < -0.4 is 4.90 Å². The minimum atomic E-state index is -0.479. The molecule has 1 heterocycles. The normalized spacial score (nSPS) is 13.2. The SMILES string of the molecule is CCOC(=O)c1cc(Br)c(N2C(=O)c3ccccc3C2=O)c(Br)c1. The number of nitrogens with zero attached hydrogens (tertiary/aromatic N) is 1. The Morgan fingerprint density at radius 1 is 1.04 bits per heavy atom. The van der Waals surface area contributed by atoms with Gasteiger partial charge >= 0.3 is 5.97 Å². The van der Waals surface area contributed by atoms with Crippen LogP contribution in [-0.2, 0) is 4.74 Å². The summed E-state index contributed by atoms with van der Waals surface area (Å²) in [5, 5.41) is 0. The molecule has 0 radical (unpaired) electrons. The van der Waals surface area contributed by atoms with E-state index in [1.165, 1.54) is 12.1 Å². The second-order valence-corrected chi connectivity index (χ2v) is 6.71. The number of ether oxygens (including phenoxy) is 1. The Bertz CT molecular complexity index is 821. The number of hydrogen-bond donors (Lipinski definition) is 0. The van der Waals surface area contributed by atoms with Crippen molar-refractivity contribution in [2.24, 2.45) is 0 Å². The number of benzene rings is 2. The fourth-order valence-electron chi connectivity index (χ4n) is 2.50. The molecule has 0 spiro atoms. The predicted molar refractivity (Wildman–Crippen MR) is 95.4 cm³/mol. The minimum Gasteiger partial charge on any atom is -0.462 e. The molecule has 0 saturated carbocycles. The predicted octanol–water partition coefficient (Wildman–Crippen LogP) is 4.19. The summed E-state index contributed by atoms with van der Waals surface area (Å²) in [4.78, 5) is 38.2. The van der Waals surface area contributed by atoms with E-state index in [9.17, 15) is 14.4 Å². The molecule has 0 atom stereocenters. The summed E-state index contributed by atoms with van der Waals surface area (Å²) in [7, 11) is 0. The molecule has 1 aliphatic heterocycles. The highest BCUT2D eigenvalue weighted by molar-refractivity contribution is 9.11. The summed E-state index contributed by atoms with van der Waals surface area (Å²) >= 11 is 6.69. The van der Waals surface area contributed by atoms with Gasteiger partial charge in [-0.15, -0.1) is 0 Å². The Morgan fingerprint density at radius 2 is 1.54 bits per heavy atom. The van der Waals surface area contributed by atoms with E-state index < -0.39 is 17.8 Å². The van der Waals surface area contributed by atoms with Crippen molar-refractivity contribution < 1.29 is 19.1 Å². The lowest BCUT2D eigenvalue weighted by Gasteiger charge is -2.18. The largest absolute Gasteiger partial charge is 0.462 e. The number of esters is 1. The van der Waals surface area contributed by atoms with Crippen LogP contribution >= 0.6 is 31.9 Å². The zero-order valence-electron chi connectivity index (χ0n) is 12.5. The molecule has 1 aliphatic rings. The summed E-state index contributed by atoms with van der Waals surface area (Å²) in [5.74, 6) is -1.28. The summed E-state index contributed by atoms with van der Waals surface area (Å²) in [6.07, 6.45) is 0. The van der Waals surface area contributed by atoms with E-state index in [-0.39, 0.29) is 6.61 Å². The van der Waals surface area contributed by atoms with Crippen LogP contribution in [0.3, 0.4) is 0 Å². The maximum Gasteiger partial charge on any atom is 0.338 e. The molecule has 0 fully saturated rings. The Balaban J connectivity index is 2.07. The van der Waals surface area contributed by atoms with Gasteiger partial charge in [0.15, 0.2) is 0 Å². The maximum atomic E-state index is 12.6. The van der Waals surface area contributed by atoms with Crippen molar-refractivity contribution in [1.29, 1.82) is 0 Å². The number of halogens is 2. The third-order valence-corrected chi connectivity index (χ3v) is 4.75. The van der Waals surface area contributed by atoms with Gasteiger partial charge < -0.3 is 4.74 Å². The summed E-state index contributed by atoms with van der Waals surface area (Å²) in [6.45, 7) is 1.98. The van der Waals surface area contributed by atoms with Gasteiger partial charge in [-0.1, -0.05) is 12.1 Å². The second-order valence-electron chi connectivity index (χ2n) is 5.00. The fraction of sp³-hybridized carbons (Fsp3) is 0.118. The second kappa shape index (κ2) is 6.49. The highest BCUT2D eigenvalue weighted by atomic mass is 79.9. The topological polar surface area (TPSA) is 63.7 Å². The van der Waals surface area contributed by atoms with Crippen molar-refractivity contribution in [2.45, 2.75) is 6.92 Å². The van der Waals surface area contributed by atoms with E-state index >= 15 is 0 Å². The number of carbonyl (C=O) groups excluding carboxylic acids is 3. The third-order valence-electron chi connectivity index (χ3n) is 3.55. The molecule has 7 heteroatoms. The van der Waals surface area contributed by atoms with E-state index in [4.69, 9.17) is 4.74 Å². The lowest BCUT2D eigenvalue weighted by Crippen LogP contribution is -2.30. The van der Waals surface area contributed by atoms with Crippen molar-refractivity contribution in [3.8, 4) is 0 Å². The molecule has 0 aromatic heterocycles. The van der Waals surface area contributed by atoms with Gasteiger partial charge in [-0.2, -0.15) is 0 Å². The first kappa shape index (κ1) is 16.9. The molecule has 122 valence electrons. The van der Waals surface area contributed by atoms with Crippen LogP contribution in [0.2, 0.25) is 0 Å². The molecule has 2 aromatic carbocycles. The summed E-state index contributed by atoms with van der Waals surface area (Å²) < 4.78 is 5.85. The van der Waals surface area contributed by atoms with Crippen LogP contribution in [-0.4, -0.2) is 24.4 Å². The van der Waals surface area contributed by atoms with Crippen LogP contribution in [0.15, 0.2) is 45.3 Å². The van der Waals surface area contributed by atoms with Gasteiger partial charge in [0.25, 0.3) is 11.8 Å². The molecule has 0 N–H and O–H groups in total. The van der Waals surface area contributed by atoms with Gasteiger partial charge in [-0.25, -0.2) is 9.69 Å². The van der Waals surface area contributed by atoms with Gasteiger partial charge in [0.2, 0.25) is 0 Å². The molecule has 24 heavy (non-hydrogen) atoms. The standard InChI is InChI=1S/C17H11Br2NO4/c1-2-24-17(23)9-7-12(18)14(13(19)8-9)20-15(21)10-5-3-4-6-11(10)16(20)22/h3-8H,2H2,1H3.